The number of nitrogens with zero attached hydrogens (tertiary/aromatic N) is 1. The van der Waals surface area contributed by atoms with Crippen molar-refractivity contribution in [2.24, 2.45) is 11.8 Å². The van der Waals surface area contributed by atoms with Gasteiger partial charge in [-0.15, -0.1) is 0 Å². The fourth-order valence-corrected chi connectivity index (χ4v) is 3.43. The van der Waals surface area contributed by atoms with Gasteiger partial charge in [0.05, 0.1) is 0 Å². The second kappa shape index (κ2) is 9.35. The molecule has 0 spiro atoms. The summed E-state index contributed by atoms with van der Waals surface area (Å²) in [6, 6.07) is 3.42. The lowest BCUT2D eigenvalue weighted by Crippen LogP contribution is -2.37. The Bertz CT molecular complexity index is 623. The zero-order chi connectivity index (χ0) is 19.2. The van der Waals surface area contributed by atoms with Gasteiger partial charge in [0, 0.05) is 24.8 Å². The van der Waals surface area contributed by atoms with Crippen molar-refractivity contribution in [3.05, 3.63) is 28.5 Å². The van der Waals surface area contributed by atoms with Crippen molar-refractivity contribution in [3.63, 3.8) is 0 Å². The van der Waals surface area contributed by atoms with Gasteiger partial charge in [0.15, 0.2) is 0 Å². The summed E-state index contributed by atoms with van der Waals surface area (Å²) < 4.78 is 5.92. The number of carbonyl (C=O) groups is 2. The molecule has 26 heavy (non-hydrogen) atoms. The highest BCUT2D eigenvalue weighted by atomic mass is 79.9. The number of rotatable bonds is 5. The zero-order valence-corrected chi connectivity index (χ0v) is 17.3. The van der Waals surface area contributed by atoms with Crippen LogP contribution >= 0.6 is 15.9 Å². The number of halogens is 1. The van der Waals surface area contributed by atoms with E-state index in [2.05, 4.69) is 31.5 Å². The number of aromatic nitrogens is 1. The van der Waals surface area contributed by atoms with Crippen LogP contribution in [0.4, 0.5) is 4.79 Å². The molecule has 2 N–H and O–H groups in total. The Morgan fingerprint density at radius 3 is 2.27 bits per heavy atom. The Kier molecular flexibility index (Phi) is 7.43. The maximum Gasteiger partial charge on any atom is 0.407 e. The van der Waals surface area contributed by atoms with Crippen LogP contribution in [0.1, 0.15) is 56.8 Å². The van der Waals surface area contributed by atoms with Crippen LogP contribution in [0.2, 0.25) is 0 Å². The second-order valence-corrected chi connectivity index (χ2v) is 8.66. The molecule has 6 nitrogen and oxygen atoms in total. The lowest BCUT2D eigenvalue weighted by atomic mass is 9.82. The fraction of sp³-hybridized carbons (Fsp3) is 0.632. The van der Waals surface area contributed by atoms with Crippen LogP contribution in [-0.2, 0) is 4.74 Å². The Morgan fingerprint density at radius 2 is 1.73 bits per heavy atom. The van der Waals surface area contributed by atoms with E-state index >= 15 is 0 Å². The minimum Gasteiger partial charge on any atom is -0.444 e. The normalized spacial score (nSPS) is 20.3. The molecule has 0 radical (unpaired) electrons. The van der Waals surface area contributed by atoms with E-state index in [0.717, 1.165) is 25.7 Å². The minimum absolute atomic E-state index is 0.0678. The highest BCUT2D eigenvalue weighted by molar-refractivity contribution is 9.10. The first kappa shape index (κ1) is 20.7. The third kappa shape index (κ3) is 7.32. The summed E-state index contributed by atoms with van der Waals surface area (Å²) in [6.45, 7) is 6.91. The van der Waals surface area contributed by atoms with Crippen LogP contribution in [0.3, 0.4) is 0 Å². The summed E-state index contributed by atoms with van der Waals surface area (Å²) in [5.74, 6) is 0.898. The first-order valence-electron chi connectivity index (χ1n) is 9.09. The Balaban J connectivity index is 1.65. The molecule has 1 aromatic rings. The van der Waals surface area contributed by atoms with Crippen LogP contribution < -0.4 is 10.6 Å². The number of amides is 2. The van der Waals surface area contributed by atoms with E-state index in [0.29, 0.717) is 35.1 Å². The number of carbonyl (C=O) groups excluding carboxylic acids is 2. The lowest BCUT2D eigenvalue weighted by Gasteiger charge is -2.29. The molecule has 1 fully saturated rings. The van der Waals surface area contributed by atoms with Crippen molar-refractivity contribution in [2.75, 3.05) is 13.1 Å². The van der Waals surface area contributed by atoms with Gasteiger partial charge in [-0.1, -0.05) is 0 Å². The van der Waals surface area contributed by atoms with Crippen LogP contribution in [0.5, 0.6) is 0 Å². The first-order valence-corrected chi connectivity index (χ1v) is 9.89. The van der Waals surface area contributed by atoms with Gasteiger partial charge in [-0.25, -0.2) is 9.78 Å². The SMILES string of the molecule is CC(C)(C)OC(=O)NCC1CCC(CNC(=O)c2ccnc(Br)c2)CC1. The third-order valence-corrected chi connectivity index (χ3v) is 4.87. The molecule has 2 amide bonds. The molecule has 1 heterocycles. The van der Waals surface area contributed by atoms with Crippen molar-refractivity contribution >= 4 is 27.9 Å². The van der Waals surface area contributed by atoms with E-state index < -0.39 is 5.60 Å². The lowest BCUT2D eigenvalue weighted by molar-refractivity contribution is 0.0512. The number of alkyl carbamates (subject to hydrolysis) is 1. The topological polar surface area (TPSA) is 80.3 Å². The number of hydrogen-bond donors (Lipinski definition) is 2. The average Bonchev–Trinajstić information content (AvgIpc) is 2.57. The van der Waals surface area contributed by atoms with Crippen molar-refractivity contribution in [2.45, 2.75) is 52.1 Å². The summed E-state index contributed by atoms with van der Waals surface area (Å²) >= 11 is 3.28. The zero-order valence-electron chi connectivity index (χ0n) is 15.7. The highest BCUT2D eigenvalue weighted by Gasteiger charge is 2.23. The average molecular weight is 426 g/mol. The van der Waals surface area contributed by atoms with Gasteiger partial charge in [0.1, 0.15) is 10.2 Å². The molecule has 7 heteroatoms. The smallest absolute Gasteiger partial charge is 0.407 e. The fourth-order valence-electron chi connectivity index (χ4n) is 3.06. The second-order valence-electron chi connectivity index (χ2n) is 7.85. The number of pyridine rings is 1. The highest BCUT2D eigenvalue weighted by Crippen LogP contribution is 2.28. The molecule has 1 saturated carbocycles. The van der Waals surface area contributed by atoms with Gasteiger partial charge in [-0.2, -0.15) is 0 Å². The maximum absolute atomic E-state index is 12.2. The van der Waals surface area contributed by atoms with Crippen molar-refractivity contribution in [1.82, 2.24) is 15.6 Å². The predicted octanol–water partition coefficient (Wildman–Crippen LogP) is 3.91. The first-order chi connectivity index (χ1) is 12.2. The van der Waals surface area contributed by atoms with Crippen LogP contribution in [0.15, 0.2) is 22.9 Å². The van der Waals surface area contributed by atoms with Crippen molar-refractivity contribution < 1.29 is 14.3 Å². The Hall–Kier alpha value is -1.63. The minimum atomic E-state index is -0.468. The van der Waals surface area contributed by atoms with E-state index in [1.807, 2.05) is 20.8 Å². The third-order valence-electron chi connectivity index (χ3n) is 4.44. The molecule has 1 aliphatic rings. The number of ether oxygens (including phenoxy) is 1. The Labute approximate surface area is 163 Å². The van der Waals surface area contributed by atoms with Gasteiger partial charge in [-0.3, -0.25) is 4.79 Å². The van der Waals surface area contributed by atoms with E-state index in [4.69, 9.17) is 4.74 Å². The molecule has 0 saturated heterocycles. The van der Waals surface area contributed by atoms with E-state index in [1.165, 1.54) is 0 Å². The molecule has 0 aliphatic heterocycles. The van der Waals surface area contributed by atoms with E-state index in [9.17, 15) is 9.59 Å². The monoisotopic (exact) mass is 425 g/mol. The van der Waals surface area contributed by atoms with Crippen LogP contribution in [-0.4, -0.2) is 35.7 Å². The molecule has 0 atom stereocenters. The molecule has 0 aromatic carbocycles. The quantitative estimate of drug-likeness (QED) is 0.700. The number of hydrogen-bond acceptors (Lipinski definition) is 4. The molecular formula is C19H28BrN3O3. The van der Waals surface area contributed by atoms with E-state index in [-0.39, 0.29) is 12.0 Å². The van der Waals surface area contributed by atoms with Gasteiger partial charge < -0.3 is 15.4 Å². The molecule has 2 rings (SSSR count). The summed E-state index contributed by atoms with van der Waals surface area (Å²) in [5, 5.41) is 5.87. The molecule has 0 bridgehead atoms. The molecule has 1 aromatic heterocycles. The largest absolute Gasteiger partial charge is 0.444 e. The van der Waals surface area contributed by atoms with Gasteiger partial charge >= 0.3 is 6.09 Å². The number of nitrogens with one attached hydrogen (secondary N) is 2. The standard InChI is InChI=1S/C19H28BrN3O3/c1-19(2,3)26-18(25)23-12-14-6-4-13(5-7-14)11-22-17(24)15-8-9-21-16(20)10-15/h8-10,13-14H,4-7,11-12H2,1-3H3,(H,22,24)(H,23,25). The summed E-state index contributed by atoms with van der Waals surface area (Å²) in [4.78, 5) is 27.9. The van der Waals surface area contributed by atoms with Gasteiger partial charge in [-0.05, 0) is 86.4 Å². The van der Waals surface area contributed by atoms with Crippen molar-refractivity contribution in [1.29, 1.82) is 0 Å². The molecular weight excluding hydrogens is 398 g/mol. The molecule has 144 valence electrons. The Morgan fingerprint density at radius 1 is 1.15 bits per heavy atom. The van der Waals surface area contributed by atoms with Gasteiger partial charge in [0.2, 0.25) is 0 Å². The summed E-state index contributed by atoms with van der Waals surface area (Å²) in [5.41, 5.74) is 0.145. The van der Waals surface area contributed by atoms with Crippen molar-refractivity contribution in [3.8, 4) is 0 Å². The predicted molar refractivity (Wildman–Crippen MR) is 104 cm³/mol. The molecule has 0 unspecified atom stereocenters. The summed E-state index contributed by atoms with van der Waals surface area (Å²) in [7, 11) is 0. The summed E-state index contributed by atoms with van der Waals surface area (Å²) in [6.07, 6.45) is 5.48. The van der Waals surface area contributed by atoms with Crippen LogP contribution in [0.25, 0.3) is 0 Å². The maximum atomic E-state index is 12.2. The van der Waals surface area contributed by atoms with Crippen LogP contribution in [0, 0.1) is 11.8 Å². The van der Waals surface area contributed by atoms with Gasteiger partial charge in [0.25, 0.3) is 5.91 Å². The molecule has 1 aliphatic carbocycles. The van der Waals surface area contributed by atoms with E-state index in [1.54, 1.807) is 18.3 Å².